The summed E-state index contributed by atoms with van der Waals surface area (Å²) in [6.07, 6.45) is -1.33. The van der Waals surface area contributed by atoms with Gasteiger partial charge in [-0.05, 0) is 31.9 Å². The third-order valence-electron chi connectivity index (χ3n) is 5.70. The van der Waals surface area contributed by atoms with Gasteiger partial charge >= 0.3 is 0 Å². The largest absolute Gasteiger partial charge is 0.388 e. The molecule has 3 aliphatic heterocycles. The standard InChI is InChI=1S/C17H29ClN2O6S/c1-7(18)9(15-12(22)11(21)13(23)17(26-15)27-2)20-16(24)10-14-8(6-19-10)4-3-5-25-14/h7-15,17,19,21-23H,3-6H2,1-2H3,(H,20,24)/t7-,8-,9+,10-,11?,12-,13+,14+,15+,17?/m0/s1. The summed E-state index contributed by atoms with van der Waals surface area (Å²) in [6, 6.07) is -1.23. The Kier molecular flexibility index (Phi) is 7.29. The first kappa shape index (κ1) is 21.6. The van der Waals surface area contributed by atoms with Crippen LogP contribution in [0.3, 0.4) is 0 Å². The number of hydrogen-bond donors (Lipinski definition) is 5. The number of alkyl halides is 1. The Balaban J connectivity index is 1.71. The number of aliphatic hydroxyl groups excluding tert-OH is 3. The van der Waals surface area contributed by atoms with Crippen molar-refractivity contribution in [3.05, 3.63) is 0 Å². The summed E-state index contributed by atoms with van der Waals surface area (Å²) in [5, 5.41) is 36.1. The van der Waals surface area contributed by atoms with Gasteiger partial charge in [-0.1, -0.05) is 0 Å². The van der Waals surface area contributed by atoms with Crippen LogP contribution in [0.5, 0.6) is 0 Å². The molecule has 2 unspecified atom stereocenters. The first-order valence-corrected chi connectivity index (χ1v) is 11.1. The molecule has 156 valence electrons. The van der Waals surface area contributed by atoms with Gasteiger partial charge in [-0.3, -0.25) is 4.79 Å². The fourth-order valence-electron chi connectivity index (χ4n) is 4.17. The van der Waals surface area contributed by atoms with Crippen molar-refractivity contribution < 1.29 is 29.6 Å². The summed E-state index contributed by atoms with van der Waals surface area (Å²) in [6.45, 7) is 3.06. The van der Waals surface area contributed by atoms with Crippen molar-refractivity contribution in [2.75, 3.05) is 19.4 Å². The number of ether oxygens (including phenoxy) is 2. The summed E-state index contributed by atoms with van der Waals surface area (Å²) < 4.78 is 11.6. The number of amides is 1. The number of carbonyl (C=O) groups excluding carboxylic acids is 1. The lowest BCUT2D eigenvalue weighted by Crippen LogP contribution is -2.65. The molecule has 3 saturated heterocycles. The van der Waals surface area contributed by atoms with Crippen LogP contribution < -0.4 is 10.6 Å². The molecular formula is C17H29ClN2O6S. The molecule has 3 aliphatic rings. The highest BCUT2D eigenvalue weighted by Gasteiger charge is 2.49. The fourth-order valence-corrected chi connectivity index (χ4v) is 5.05. The van der Waals surface area contributed by atoms with Crippen molar-refractivity contribution in [2.45, 2.75) is 73.2 Å². The Bertz CT molecular complexity index is 528. The van der Waals surface area contributed by atoms with Crippen LogP contribution in [0, 0.1) is 5.92 Å². The quantitative estimate of drug-likeness (QED) is 0.358. The third-order valence-corrected chi connectivity index (χ3v) is 6.83. The maximum atomic E-state index is 12.9. The molecule has 27 heavy (non-hydrogen) atoms. The molecule has 8 nitrogen and oxygen atoms in total. The van der Waals surface area contributed by atoms with E-state index in [1.807, 2.05) is 0 Å². The van der Waals surface area contributed by atoms with Gasteiger partial charge in [0.25, 0.3) is 0 Å². The summed E-state index contributed by atoms with van der Waals surface area (Å²) >= 11 is 7.52. The van der Waals surface area contributed by atoms with Gasteiger partial charge in [0.15, 0.2) is 0 Å². The third kappa shape index (κ3) is 4.40. The second-order valence-electron chi connectivity index (χ2n) is 7.51. The van der Waals surface area contributed by atoms with E-state index >= 15 is 0 Å². The highest BCUT2D eigenvalue weighted by atomic mass is 35.5. The van der Waals surface area contributed by atoms with Crippen LogP contribution in [-0.2, 0) is 14.3 Å². The van der Waals surface area contributed by atoms with Crippen molar-refractivity contribution >= 4 is 29.3 Å². The van der Waals surface area contributed by atoms with E-state index in [9.17, 15) is 20.1 Å². The zero-order valence-corrected chi connectivity index (χ0v) is 17.0. The highest BCUT2D eigenvalue weighted by Crippen LogP contribution is 2.31. The Hall–Kier alpha value is -0.130. The Labute approximate surface area is 168 Å². The van der Waals surface area contributed by atoms with Crippen LogP contribution in [0.15, 0.2) is 0 Å². The Morgan fingerprint density at radius 2 is 2.04 bits per heavy atom. The van der Waals surface area contributed by atoms with Gasteiger partial charge in [-0.15, -0.1) is 23.4 Å². The van der Waals surface area contributed by atoms with E-state index in [1.165, 1.54) is 11.8 Å². The van der Waals surface area contributed by atoms with Gasteiger partial charge in [-0.25, -0.2) is 0 Å². The molecule has 10 heteroatoms. The Morgan fingerprint density at radius 3 is 2.70 bits per heavy atom. The number of nitrogens with one attached hydrogen (secondary N) is 2. The topological polar surface area (TPSA) is 120 Å². The van der Waals surface area contributed by atoms with E-state index in [2.05, 4.69) is 10.6 Å². The predicted octanol–water partition coefficient (Wildman–Crippen LogP) is -0.964. The average Bonchev–Trinajstić information content (AvgIpc) is 3.09. The number of carbonyl (C=O) groups is 1. The van der Waals surface area contributed by atoms with E-state index in [1.54, 1.807) is 13.2 Å². The van der Waals surface area contributed by atoms with Crippen LogP contribution in [0.25, 0.3) is 0 Å². The van der Waals surface area contributed by atoms with Crippen LogP contribution in [0.1, 0.15) is 19.8 Å². The lowest BCUT2D eigenvalue weighted by molar-refractivity contribution is -0.205. The van der Waals surface area contributed by atoms with Gasteiger partial charge in [-0.2, -0.15) is 0 Å². The molecule has 0 radical (unpaired) electrons. The minimum Gasteiger partial charge on any atom is -0.388 e. The second kappa shape index (κ2) is 9.13. The molecule has 0 aromatic carbocycles. The SMILES string of the molecule is CSC1O[C@H]([C@H](NC(=O)[C@H]2NC[C@@H]3CCCO[C@H]32)[C@H](C)Cl)[C@@H](O)C(O)[C@H]1O. The molecule has 0 saturated carbocycles. The number of halogens is 1. The highest BCUT2D eigenvalue weighted by molar-refractivity contribution is 7.99. The molecule has 0 aromatic rings. The minimum atomic E-state index is -1.38. The average molecular weight is 425 g/mol. The van der Waals surface area contributed by atoms with E-state index in [0.29, 0.717) is 12.5 Å². The lowest BCUT2D eigenvalue weighted by atomic mass is 9.91. The molecule has 0 aliphatic carbocycles. The molecule has 5 N–H and O–H groups in total. The van der Waals surface area contributed by atoms with E-state index in [4.69, 9.17) is 21.1 Å². The van der Waals surface area contributed by atoms with Gasteiger partial charge < -0.3 is 35.4 Å². The number of fused-ring (bicyclic) bond motifs is 1. The van der Waals surface area contributed by atoms with E-state index in [0.717, 1.165) is 19.4 Å². The van der Waals surface area contributed by atoms with Gasteiger partial charge in [0.05, 0.1) is 17.5 Å². The maximum absolute atomic E-state index is 12.9. The molecule has 1 amide bonds. The number of aliphatic hydroxyl groups is 3. The summed E-state index contributed by atoms with van der Waals surface area (Å²) in [5.41, 5.74) is -0.723. The van der Waals surface area contributed by atoms with Gasteiger partial charge in [0, 0.05) is 13.2 Å². The maximum Gasteiger partial charge on any atom is 0.240 e. The summed E-state index contributed by atoms with van der Waals surface area (Å²) in [5.74, 6) is 0.0507. The summed E-state index contributed by atoms with van der Waals surface area (Å²) in [4.78, 5) is 12.9. The van der Waals surface area contributed by atoms with Crippen molar-refractivity contribution in [1.29, 1.82) is 0 Å². The minimum absolute atomic E-state index is 0.173. The molecule has 3 fully saturated rings. The van der Waals surface area contributed by atoms with Crippen molar-refractivity contribution in [3.8, 4) is 0 Å². The van der Waals surface area contributed by atoms with Gasteiger partial charge in [0.1, 0.15) is 35.9 Å². The smallest absolute Gasteiger partial charge is 0.240 e. The molecular weight excluding hydrogens is 396 g/mol. The molecule has 0 bridgehead atoms. The number of rotatable bonds is 5. The zero-order chi connectivity index (χ0) is 19.7. The van der Waals surface area contributed by atoms with E-state index in [-0.39, 0.29) is 12.0 Å². The van der Waals surface area contributed by atoms with Crippen LogP contribution in [0.4, 0.5) is 0 Å². The number of thioether (sulfide) groups is 1. The van der Waals surface area contributed by atoms with Crippen molar-refractivity contribution in [2.24, 2.45) is 5.92 Å². The number of hydrogen-bond acceptors (Lipinski definition) is 8. The molecule has 3 rings (SSSR count). The van der Waals surface area contributed by atoms with Crippen LogP contribution in [0.2, 0.25) is 0 Å². The second-order valence-corrected chi connectivity index (χ2v) is 9.14. The fraction of sp³-hybridized carbons (Fsp3) is 0.941. The van der Waals surface area contributed by atoms with Crippen molar-refractivity contribution in [3.63, 3.8) is 0 Å². The van der Waals surface area contributed by atoms with Crippen molar-refractivity contribution in [1.82, 2.24) is 10.6 Å². The lowest BCUT2D eigenvalue weighted by Gasteiger charge is -2.44. The molecule has 0 spiro atoms. The monoisotopic (exact) mass is 424 g/mol. The molecule has 3 heterocycles. The first-order chi connectivity index (χ1) is 12.8. The molecule has 10 atom stereocenters. The summed E-state index contributed by atoms with van der Waals surface area (Å²) in [7, 11) is 0. The Morgan fingerprint density at radius 1 is 1.30 bits per heavy atom. The van der Waals surface area contributed by atoms with Crippen LogP contribution >= 0.6 is 23.4 Å². The van der Waals surface area contributed by atoms with Gasteiger partial charge in [0.2, 0.25) is 5.91 Å². The van der Waals surface area contributed by atoms with Crippen LogP contribution in [-0.4, -0.2) is 94.1 Å². The predicted molar refractivity (Wildman–Crippen MR) is 102 cm³/mol. The first-order valence-electron chi connectivity index (χ1n) is 9.37. The molecule has 0 aromatic heterocycles. The van der Waals surface area contributed by atoms with E-state index < -0.39 is 47.3 Å². The zero-order valence-electron chi connectivity index (χ0n) is 15.5. The normalized spacial score (nSPS) is 44.4.